The molecular weight excluding hydrogens is 455 g/mol. The first kappa shape index (κ1) is 21.8. The van der Waals surface area contributed by atoms with Crippen LogP contribution in [0, 0.1) is 0 Å². The van der Waals surface area contributed by atoms with Crippen molar-refractivity contribution in [3.8, 4) is 11.5 Å². The topological polar surface area (TPSA) is 59.9 Å². The molecule has 0 saturated carbocycles. The maximum absolute atomic E-state index is 12.4. The lowest BCUT2D eigenvalue weighted by molar-refractivity contribution is -0.115. The van der Waals surface area contributed by atoms with Crippen molar-refractivity contribution < 1.29 is 14.3 Å². The summed E-state index contributed by atoms with van der Waals surface area (Å²) in [5.74, 6) is 0.839. The van der Waals surface area contributed by atoms with E-state index in [0.29, 0.717) is 61.1 Å². The van der Waals surface area contributed by atoms with Crippen LogP contribution in [0.25, 0.3) is 6.08 Å². The Bertz CT molecular complexity index is 1010. The molecule has 5 nitrogen and oxygen atoms in total. The second kappa shape index (κ2) is 9.76. The normalized spacial score (nSPS) is 16.4. The molecule has 0 aliphatic carbocycles. The number of thioether (sulfide) groups is 1. The Morgan fingerprint density at radius 2 is 1.76 bits per heavy atom. The Balaban J connectivity index is 1.91. The molecule has 1 fully saturated rings. The van der Waals surface area contributed by atoms with Crippen molar-refractivity contribution >= 4 is 69.4 Å². The Labute approximate surface area is 188 Å². The van der Waals surface area contributed by atoms with E-state index in [-0.39, 0.29) is 5.91 Å². The number of amides is 1. The van der Waals surface area contributed by atoms with Crippen LogP contribution in [-0.4, -0.2) is 24.3 Å². The third kappa shape index (κ3) is 5.20. The number of carbonyl (C=O) groups excluding carboxylic acids is 1. The van der Waals surface area contributed by atoms with Crippen molar-refractivity contribution in [2.45, 2.75) is 13.8 Å². The monoisotopic (exact) mass is 470 g/mol. The summed E-state index contributed by atoms with van der Waals surface area (Å²) >= 11 is 19.7. The van der Waals surface area contributed by atoms with Crippen LogP contribution in [0.4, 0.5) is 5.69 Å². The molecule has 2 aromatic carbocycles. The van der Waals surface area contributed by atoms with Crippen LogP contribution < -0.4 is 14.8 Å². The Morgan fingerprint density at radius 3 is 2.45 bits per heavy atom. The van der Waals surface area contributed by atoms with Crippen molar-refractivity contribution in [2.75, 3.05) is 13.2 Å². The molecule has 1 heterocycles. The van der Waals surface area contributed by atoms with E-state index >= 15 is 0 Å². The second-order valence-corrected chi connectivity index (χ2v) is 7.96. The average molecular weight is 472 g/mol. The number of hydrogen-bond donors (Lipinski definition) is 1. The van der Waals surface area contributed by atoms with E-state index in [9.17, 15) is 4.79 Å². The van der Waals surface area contributed by atoms with E-state index in [2.05, 4.69) is 10.3 Å². The molecule has 0 aromatic heterocycles. The Morgan fingerprint density at radius 1 is 1.07 bits per heavy atom. The van der Waals surface area contributed by atoms with E-state index in [1.165, 1.54) is 11.8 Å². The average Bonchev–Trinajstić information content (AvgIpc) is 3.02. The van der Waals surface area contributed by atoms with Gasteiger partial charge < -0.3 is 14.8 Å². The smallest absolute Gasteiger partial charge is 0.264 e. The standard InChI is InChI=1S/C20H17Cl3N2O3S/c1-3-27-15-8-11(13(22)10-16(15)28-4-2)9-17-19(26)25-20(29-17)24-14-7-5-6-12(21)18(14)23/h5-10H,3-4H2,1-2H3,(H,24,25,26)/b17-9+. The molecule has 0 bridgehead atoms. The summed E-state index contributed by atoms with van der Waals surface area (Å²) in [4.78, 5) is 17.2. The van der Waals surface area contributed by atoms with Gasteiger partial charge >= 0.3 is 0 Å². The number of ether oxygens (including phenoxy) is 2. The third-order valence-corrected chi connectivity index (χ3v) is 5.80. The molecule has 0 unspecified atom stereocenters. The largest absolute Gasteiger partial charge is 0.490 e. The number of aliphatic imine (C=N–C) groups is 1. The van der Waals surface area contributed by atoms with Gasteiger partial charge in [0.1, 0.15) is 0 Å². The summed E-state index contributed by atoms with van der Waals surface area (Å²) in [5, 5.41) is 4.28. The number of hydrogen-bond acceptors (Lipinski definition) is 5. The van der Waals surface area contributed by atoms with Crippen LogP contribution in [0.1, 0.15) is 19.4 Å². The minimum Gasteiger partial charge on any atom is -0.490 e. The van der Waals surface area contributed by atoms with Crippen molar-refractivity contribution in [1.82, 2.24) is 5.32 Å². The van der Waals surface area contributed by atoms with Gasteiger partial charge in [0.05, 0.1) is 38.9 Å². The minimum atomic E-state index is -0.283. The van der Waals surface area contributed by atoms with E-state index < -0.39 is 0 Å². The third-order valence-electron chi connectivity index (χ3n) is 3.75. The lowest BCUT2D eigenvalue weighted by Crippen LogP contribution is -2.19. The van der Waals surface area contributed by atoms with Gasteiger partial charge in [0.2, 0.25) is 0 Å². The molecule has 0 atom stereocenters. The fourth-order valence-electron chi connectivity index (χ4n) is 2.51. The molecule has 9 heteroatoms. The zero-order chi connectivity index (χ0) is 21.0. The van der Waals surface area contributed by atoms with Gasteiger partial charge in [-0.25, -0.2) is 4.99 Å². The van der Waals surface area contributed by atoms with Gasteiger partial charge in [-0.05, 0) is 55.4 Å². The summed E-state index contributed by atoms with van der Waals surface area (Å²) in [6.45, 7) is 4.73. The predicted octanol–water partition coefficient (Wildman–Crippen LogP) is 6.34. The minimum absolute atomic E-state index is 0.283. The lowest BCUT2D eigenvalue weighted by Gasteiger charge is -2.12. The summed E-state index contributed by atoms with van der Waals surface area (Å²) in [6.07, 6.45) is 1.68. The lowest BCUT2D eigenvalue weighted by atomic mass is 10.1. The first-order chi connectivity index (χ1) is 13.9. The zero-order valence-corrected chi connectivity index (χ0v) is 18.7. The molecule has 1 saturated heterocycles. The highest BCUT2D eigenvalue weighted by Gasteiger charge is 2.25. The molecule has 1 aliphatic rings. The number of halogens is 3. The molecule has 29 heavy (non-hydrogen) atoms. The van der Waals surface area contributed by atoms with Gasteiger partial charge in [-0.2, -0.15) is 0 Å². The van der Waals surface area contributed by atoms with Gasteiger partial charge in [0, 0.05) is 6.07 Å². The van der Waals surface area contributed by atoms with Crippen LogP contribution in [0.15, 0.2) is 40.2 Å². The van der Waals surface area contributed by atoms with Gasteiger partial charge in [-0.3, -0.25) is 4.79 Å². The number of nitrogens with zero attached hydrogens (tertiary/aromatic N) is 1. The summed E-state index contributed by atoms with van der Waals surface area (Å²) in [6, 6.07) is 8.55. The number of carbonyl (C=O) groups is 1. The molecular formula is C20H17Cl3N2O3S. The summed E-state index contributed by atoms with van der Waals surface area (Å²) in [5.41, 5.74) is 1.11. The van der Waals surface area contributed by atoms with E-state index in [1.54, 1.807) is 36.4 Å². The van der Waals surface area contributed by atoms with E-state index in [4.69, 9.17) is 44.3 Å². The SMILES string of the molecule is CCOc1cc(Cl)c(/C=C2/SC(=Nc3cccc(Cl)c3Cl)NC2=O)cc1OCC. The van der Waals surface area contributed by atoms with Gasteiger partial charge in [0.15, 0.2) is 16.7 Å². The molecule has 0 spiro atoms. The fourth-order valence-corrected chi connectivity index (χ4v) is 3.88. The van der Waals surface area contributed by atoms with Crippen molar-refractivity contribution in [3.63, 3.8) is 0 Å². The highest BCUT2D eigenvalue weighted by atomic mass is 35.5. The Hall–Kier alpha value is -1.86. The van der Waals surface area contributed by atoms with Gasteiger partial charge in [0.25, 0.3) is 5.91 Å². The number of benzene rings is 2. The van der Waals surface area contributed by atoms with Crippen LogP contribution >= 0.6 is 46.6 Å². The van der Waals surface area contributed by atoms with Crippen LogP contribution in [0.2, 0.25) is 15.1 Å². The molecule has 152 valence electrons. The van der Waals surface area contributed by atoms with Crippen LogP contribution in [0.5, 0.6) is 11.5 Å². The summed E-state index contributed by atoms with van der Waals surface area (Å²) in [7, 11) is 0. The van der Waals surface area contributed by atoms with Gasteiger partial charge in [-0.15, -0.1) is 0 Å². The first-order valence-corrected chi connectivity index (χ1v) is 10.7. The molecule has 1 N–H and O–H groups in total. The number of amidine groups is 1. The number of rotatable bonds is 6. The predicted molar refractivity (Wildman–Crippen MR) is 121 cm³/mol. The second-order valence-electron chi connectivity index (χ2n) is 5.74. The number of nitrogens with one attached hydrogen (secondary N) is 1. The van der Waals surface area contributed by atoms with Crippen molar-refractivity contribution in [2.24, 2.45) is 4.99 Å². The Kier molecular flexibility index (Phi) is 7.35. The van der Waals surface area contributed by atoms with Crippen LogP contribution in [0.3, 0.4) is 0 Å². The summed E-state index contributed by atoms with van der Waals surface area (Å²) < 4.78 is 11.2. The van der Waals surface area contributed by atoms with Gasteiger partial charge in [-0.1, -0.05) is 40.9 Å². The maximum Gasteiger partial charge on any atom is 0.264 e. The molecule has 1 amide bonds. The molecule has 2 aromatic rings. The molecule has 3 rings (SSSR count). The molecule has 0 radical (unpaired) electrons. The van der Waals surface area contributed by atoms with Crippen LogP contribution in [-0.2, 0) is 4.79 Å². The first-order valence-electron chi connectivity index (χ1n) is 8.75. The van der Waals surface area contributed by atoms with Crippen molar-refractivity contribution in [1.29, 1.82) is 0 Å². The quantitative estimate of drug-likeness (QED) is 0.500. The van der Waals surface area contributed by atoms with E-state index in [0.717, 1.165) is 0 Å². The highest BCUT2D eigenvalue weighted by molar-refractivity contribution is 8.18. The maximum atomic E-state index is 12.4. The van der Waals surface area contributed by atoms with E-state index in [1.807, 2.05) is 13.8 Å². The highest BCUT2D eigenvalue weighted by Crippen LogP contribution is 2.38. The fraction of sp³-hybridized carbons (Fsp3) is 0.200. The zero-order valence-electron chi connectivity index (χ0n) is 15.6. The molecule has 1 aliphatic heterocycles. The van der Waals surface area contributed by atoms with Crippen molar-refractivity contribution in [3.05, 3.63) is 55.9 Å².